The van der Waals surface area contributed by atoms with Gasteiger partial charge >= 0.3 is 0 Å². The van der Waals surface area contributed by atoms with Crippen LogP contribution in [0, 0.1) is 0 Å². The van der Waals surface area contributed by atoms with Gasteiger partial charge in [0.25, 0.3) is 0 Å². The molecule has 1 aliphatic heterocycles. The molecule has 0 atom stereocenters. The Hall–Kier alpha value is -1.35. The highest BCUT2D eigenvalue weighted by Gasteiger charge is 2.18. The number of amides is 1. The normalized spacial score (nSPS) is 16.9. The topological polar surface area (TPSA) is 46.3 Å². The van der Waals surface area contributed by atoms with Gasteiger partial charge in [0, 0.05) is 25.2 Å². The van der Waals surface area contributed by atoms with Crippen LogP contribution in [0.3, 0.4) is 0 Å². The number of nitrogens with zero attached hydrogens (tertiary/aromatic N) is 1. The number of anilines is 1. The average Bonchev–Trinajstić information content (AvgIpc) is 2.30. The van der Waals surface area contributed by atoms with Crippen molar-refractivity contribution in [3.05, 3.63) is 29.8 Å². The number of nitrogens with two attached hydrogens (primary N) is 1. The van der Waals surface area contributed by atoms with E-state index in [9.17, 15) is 4.79 Å². The zero-order chi connectivity index (χ0) is 10.7. The van der Waals surface area contributed by atoms with Gasteiger partial charge < -0.3 is 10.6 Å². The van der Waals surface area contributed by atoms with E-state index < -0.39 is 0 Å². The first-order valence-corrected chi connectivity index (χ1v) is 5.40. The monoisotopic (exact) mass is 204 g/mol. The predicted molar refractivity (Wildman–Crippen MR) is 60.5 cm³/mol. The number of carbonyl (C=O) groups excluding carboxylic acids is 1. The van der Waals surface area contributed by atoms with Crippen LogP contribution in [0.1, 0.15) is 24.8 Å². The van der Waals surface area contributed by atoms with Gasteiger partial charge in [-0.2, -0.15) is 0 Å². The molecule has 0 bridgehead atoms. The molecule has 0 spiro atoms. The van der Waals surface area contributed by atoms with Crippen LogP contribution in [0.4, 0.5) is 5.69 Å². The van der Waals surface area contributed by atoms with Crippen LogP contribution in [0.5, 0.6) is 0 Å². The maximum Gasteiger partial charge on any atom is 0.226 e. The molecular formula is C12H16N2O. The van der Waals surface area contributed by atoms with Crippen molar-refractivity contribution in [1.29, 1.82) is 0 Å². The Morgan fingerprint density at radius 1 is 1.20 bits per heavy atom. The fraction of sp³-hybridized carbons (Fsp3) is 0.417. The van der Waals surface area contributed by atoms with E-state index in [1.807, 2.05) is 29.2 Å². The number of carbonyl (C=O) groups is 1. The molecule has 0 aliphatic carbocycles. The van der Waals surface area contributed by atoms with Crippen LogP contribution >= 0.6 is 0 Å². The van der Waals surface area contributed by atoms with Gasteiger partial charge in [-0.15, -0.1) is 0 Å². The summed E-state index contributed by atoms with van der Waals surface area (Å²) in [6.07, 6.45) is 2.80. The summed E-state index contributed by atoms with van der Waals surface area (Å²) in [5, 5.41) is 0. The number of hydrogen-bond donors (Lipinski definition) is 1. The van der Waals surface area contributed by atoms with Gasteiger partial charge in [0.15, 0.2) is 0 Å². The Bertz CT molecular complexity index is 345. The Kier molecular flexibility index (Phi) is 3.02. The molecule has 3 nitrogen and oxygen atoms in total. The highest BCUT2D eigenvalue weighted by Crippen LogP contribution is 2.20. The third-order valence-electron chi connectivity index (χ3n) is 2.81. The third-order valence-corrected chi connectivity index (χ3v) is 2.81. The minimum atomic E-state index is 0.238. The van der Waals surface area contributed by atoms with Crippen molar-refractivity contribution in [3.63, 3.8) is 0 Å². The molecule has 1 aromatic carbocycles. The third kappa shape index (κ3) is 2.18. The van der Waals surface area contributed by atoms with Gasteiger partial charge in [0.1, 0.15) is 0 Å². The molecule has 0 unspecified atom stereocenters. The van der Waals surface area contributed by atoms with Crippen LogP contribution in [0.2, 0.25) is 0 Å². The lowest BCUT2D eigenvalue weighted by atomic mass is 10.1. The summed E-state index contributed by atoms with van der Waals surface area (Å²) in [6.45, 7) is 1.40. The number of benzene rings is 1. The Labute approximate surface area is 89.9 Å². The Balaban J connectivity index is 2.17. The first-order valence-electron chi connectivity index (χ1n) is 5.40. The zero-order valence-corrected chi connectivity index (χ0v) is 8.78. The van der Waals surface area contributed by atoms with E-state index in [1.54, 1.807) is 0 Å². The summed E-state index contributed by atoms with van der Waals surface area (Å²) in [6, 6.07) is 7.92. The van der Waals surface area contributed by atoms with Gasteiger partial charge in [-0.3, -0.25) is 4.79 Å². The molecule has 1 saturated heterocycles. The summed E-state index contributed by atoms with van der Waals surface area (Å²) in [7, 11) is 0. The molecular weight excluding hydrogens is 188 g/mol. The van der Waals surface area contributed by atoms with E-state index in [4.69, 9.17) is 5.73 Å². The van der Waals surface area contributed by atoms with Crippen LogP contribution in [-0.4, -0.2) is 12.5 Å². The van der Waals surface area contributed by atoms with Crippen molar-refractivity contribution in [2.75, 3.05) is 11.4 Å². The molecule has 1 heterocycles. The quantitative estimate of drug-likeness (QED) is 0.796. The van der Waals surface area contributed by atoms with Crippen LogP contribution < -0.4 is 10.6 Å². The highest BCUT2D eigenvalue weighted by molar-refractivity contribution is 5.93. The van der Waals surface area contributed by atoms with Crippen molar-refractivity contribution in [1.82, 2.24) is 0 Å². The lowest BCUT2D eigenvalue weighted by molar-refractivity contribution is -0.119. The predicted octanol–water partition coefficient (Wildman–Crippen LogP) is 1.66. The molecule has 3 heteroatoms. The van der Waals surface area contributed by atoms with E-state index in [-0.39, 0.29) is 5.91 Å². The zero-order valence-electron chi connectivity index (χ0n) is 8.78. The van der Waals surface area contributed by atoms with Crippen molar-refractivity contribution >= 4 is 11.6 Å². The molecule has 0 saturated carbocycles. The molecule has 1 fully saturated rings. The first-order chi connectivity index (χ1) is 7.31. The van der Waals surface area contributed by atoms with E-state index in [0.29, 0.717) is 13.0 Å². The summed E-state index contributed by atoms with van der Waals surface area (Å²) >= 11 is 0. The summed E-state index contributed by atoms with van der Waals surface area (Å²) in [4.78, 5) is 13.5. The molecule has 1 aromatic rings. The van der Waals surface area contributed by atoms with Gasteiger partial charge in [-0.25, -0.2) is 0 Å². The largest absolute Gasteiger partial charge is 0.326 e. The van der Waals surface area contributed by atoms with E-state index >= 15 is 0 Å². The second kappa shape index (κ2) is 4.45. The first kappa shape index (κ1) is 10.2. The molecule has 1 amide bonds. The van der Waals surface area contributed by atoms with Crippen LogP contribution in [-0.2, 0) is 11.3 Å². The number of rotatable bonds is 2. The molecule has 0 radical (unpaired) electrons. The van der Waals surface area contributed by atoms with Crippen molar-refractivity contribution in [2.45, 2.75) is 25.8 Å². The minimum Gasteiger partial charge on any atom is -0.326 e. The van der Waals surface area contributed by atoms with Crippen LogP contribution in [0.15, 0.2) is 24.3 Å². The number of piperidine rings is 1. The molecule has 0 aromatic heterocycles. The molecule has 2 N–H and O–H groups in total. The highest BCUT2D eigenvalue weighted by atomic mass is 16.2. The lowest BCUT2D eigenvalue weighted by Crippen LogP contribution is -2.35. The van der Waals surface area contributed by atoms with Crippen molar-refractivity contribution in [3.8, 4) is 0 Å². The van der Waals surface area contributed by atoms with Crippen molar-refractivity contribution in [2.24, 2.45) is 5.73 Å². The lowest BCUT2D eigenvalue weighted by Gasteiger charge is -2.26. The van der Waals surface area contributed by atoms with Gasteiger partial charge in [-0.05, 0) is 30.5 Å². The fourth-order valence-electron chi connectivity index (χ4n) is 1.89. The average molecular weight is 204 g/mol. The molecule has 80 valence electrons. The minimum absolute atomic E-state index is 0.238. The maximum atomic E-state index is 11.7. The molecule has 15 heavy (non-hydrogen) atoms. The Morgan fingerprint density at radius 2 is 1.93 bits per heavy atom. The molecule has 1 aliphatic rings. The standard InChI is InChI=1S/C12H16N2O/c13-9-10-4-6-11(7-5-10)14-8-2-1-3-12(14)15/h4-7H,1-3,8-9,13H2. The van der Waals surface area contributed by atoms with E-state index in [2.05, 4.69) is 0 Å². The summed E-state index contributed by atoms with van der Waals surface area (Å²) < 4.78 is 0. The van der Waals surface area contributed by atoms with Gasteiger partial charge in [0.2, 0.25) is 5.91 Å². The smallest absolute Gasteiger partial charge is 0.226 e. The van der Waals surface area contributed by atoms with E-state index in [0.717, 1.165) is 30.6 Å². The number of hydrogen-bond acceptors (Lipinski definition) is 2. The maximum absolute atomic E-state index is 11.7. The second-order valence-corrected chi connectivity index (χ2v) is 3.87. The fourth-order valence-corrected chi connectivity index (χ4v) is 1.89. The summed E-state index contributed by atoms with van der Waals surface area (Å²) in [5.74, 6) is 0.238. The van der Waals surface area contributed by atoms with Gasteiger partial charge in [-0.1, -0.05) is 12.1 Å². The van der Waals surface area contributed by atoms with E-state index in [1.165, 1.54) is 0 Å². The van der Waals surface area contributed by atoms with Crippen molar-refractivity contribution < 1.29 is 4.79 Å². The Morgan fingerprint density at radius 3 is 2.53 bits per heavy atom. The SMILES string of the molecule is NCc1ccc(N2CCCCC2=O)cc1. The van der Waals surface area contributed by atoms with Crippen LogP contribution in [0.25, 0.3) is 0 Å². The second-order valence-electron chi connectivity index (χ2n) is 3.87. The summed E-state index contributed by atoms with van der Waals surface area (Å²) in [5.41, 5.74) is 7.62. The van der Waals surface area contributed by atoms with Gasteiger partial charge in [0.05, 0.1) is 0 Å². The molecule has 2 rings (SSSR count).